The molecule has 0 aliphatic rings. The number of carbonyl (C=O) groups excluding carboxylic acids is 1. The Hall–Kier alpha value is -2.08. The first-order valence-electron chi connectivity index (χ1n) is 6.71. The molecule has 0 bridgehead atoms. The highest BCUT2D eigenvalue weighted by atomic mass is 16.5. The maximum absolute atomic E-state index is 12.3. The van der Waals surface area contributed by atoms with Crippen LogP contribution in [0.2, 0.25) is 0 Å². The van der Waals surface area contributed by atoms with Crippen molar-refractivity contribution < 1.29 is 19.4 Å². The van der Waals surface area contributed by atoms with Gasteiger partial charge in [-0.15, -0.1) is 0 Å². The number of aryl methyl sites for hydroxylation is 1. The summed E-state index contributed by atoms with van der Waals surface area (Å²) in [5, 5.41) is 8.89. The monoisotopic (exact) mass is 294 g/mol. The highest BCUT2D eigenvalue weighted by molar-refractivity contribution is 5.80. The van der Waals surface area contributed by atoms with E-state index in [0.29, 0.717) is 13.2 Å². The van der Waals surface area contributed by atoms with E-state index in [2.05, 4.69) is 0 Å². The van der Waals surface area contributed by atoms with Crippen LogP contribution in [-0.4, -0.2) is 60.8 Å². The third-order valence-electron chi connectivity index (χ3n) is 3.16. The van der Waals surface area contributed by atoms with E-state index in [-0.39, 0.29) is 19.1 Å². The van der Waals surface area contributed by atoms with Gasteiger partial charge in [0.2, 0.25) is 0 Å². The molecule has 6 nitrogen and oxygen atoms in total. The number of methoxy groups -OCH3 is 1. The van der Waals surface area contributed by atoms with Gasteiger partial charge in [-0.05, 0) is 18.1 Å². The van der Waals surface area contributed by atoms with Crippen molar-refractivity contribution in [2.75, 3.05) is 33.9 Å². The fourth-order valence-corrected chi connectivity index (χ4v) is 1.96. The number of amides is 2. The van der Waals surface area contributed by atoms with Crippen LogP contribution in [0.4, 0.5) is 4.79 Å². The first kappa shape index (κ1) is 17.0. The molecule has 0 fully saturated rings. The van der Waals surface area contributed by atoms with Gasteiger partial charge in [0.25, 0.3) is 0 Å². The van der Waals surface area contributed by atoms with E-state index in [9.17, 15) is 9.59 Å². The van der Waals surface area contributed by atoms with E-state index < -0.39 is 5.97 Å². The van der Waals surface area contributed by atoms with Gasteiger partial charge < -0.3 is 19.6 Å². The van der Waals surface area contributed by atoms with Gasteiger partial charge in [0.05, 0.1) is 6.61 Å². The van der Waals surface area contributed by atoms with Crippen molar-refractivity contribution in [2.24, 2.45) is 0 Å². The van der Waals surface area contributed by atoms with E-state index in [1.165, 1.54) is 16.9 Å². The average Bonchev–Trinajstić information content (AvgIpc) is 2.44. The lowest BCUT2D eigenvalue weighted by Gasteiger charge is -2.27. The molecule has 1 N–H and O–H groups in total. The Labute approximate surface area is 124 Å². The van der Waals surface area contributed by atoms with Gasteiger partial charge in [-0.3, -0.25) is 4.79 Å². The SMILES string of the molecule is COCCN(CC(=O)O)C(=O)N(C)Cc1ccccc1C. The van der Waals surface area contributed by atoms with Crippen molar-refractivity contribution in [3.63, 3.8) is 0 Å². The van der Waals surface area contributed by atoms with E-state index in [4.69, 9.17) is 9.84 Å². The minimum atomic E-state index is -1.04. The highest BCUT2D eigenvalue weighted by Crippen LogP contribution is 2.10. The largest absolute Gasteiger partial charge is 0.480 e. The Morgan fingerprint density at radius 3 is 2.52 bits per heavy atom. The fraction of sp³-hybridized carbons (Fsp3) is 0.467. The number of aliphatic carboxylic acids is 1. The zero-order chi connectivity index (χ0) is 15.8. The number of nitrogens with zero attached hydrogens (tertiary/aromatic N) is 2. The predicted octanol–water partition coefficient (Wildman–Crippen LogP) is 1.58. The Morgan fingerprint density at radius 2 is 1.95 bits per heavy atom. The van der Waals surface area contributed by atoms with Crippen molar-refractivity contribution in [2.45, 2.75) is 13.5 Å². The first-order valence-corrected chi connectivity index (χ1v) is 6.71. The Morgan fingerprint density at radius 1 is 1.29 bits per heavy atom. The molecule has 0 aromatic heterocycles. The standard InChI is InChI=1S/C15H22N2O4/c1-12-6-4-5-7-13(12)10-16(2)15(20)17(8-9-21-3)11-14(18)19/h4-7H,8-11H2,1-3H3,(H,18,19). The molecule has 0 aliphatic heterocycles. The van der Waals surface area contributed by atoms with Gasteiger partial charge in [0.15, 0.2) is 0 Å². The van der Waals surface area contributed by atoms with E-state index >= 15 is 0 Å². The van der Waals surface area contributed by atoms with Crippen LogP contribution in [0.5, 0.6) is 0 Å². The number of hydrogen-bond donors (Lipinski definition) is 1. The molecule has 0 aliphatic carbocycles. The van der Waals surface area contributed by atoms with Crippen molar-refractivity contribution >= 4 is 12.0 Å². The number of benzene rings is 1. The molecular weight excluding hydrogens is 272 g/mol. The summed E-state index contributed by atoms with van der Waals surface area (Å²) in [6.45, 7) is 2.64. The van der Waals surface area contributed by atoms with Crippen LogP contribution in [0.3, 0.4) is 0 Å². The molecule has 0 spiro atoms. The molecular formula is C15H22N2O4. The van der Waals surface area contributed by atoms with Crippen LogP contribution < -0.4 is 0 Å². The Bertz CT molecular complexity index is 490. The van der Waals surface area contributed by atoms with Crippen molar-refractivity contribution in [1.29, 1.82) is 0 Å². The molecule has 0 saturated heterocycles. The van der Waals surface area contributed by atoms with Crippen LogP contribution in [0, 0.1) is 6.92 Å². The highest BCUT2D eigenvalue weighted by Gasteiger charge is 2.20. The number of carboxylic acids is 1. The lowest BCUT2D eigenvalue weighted by molar-refractivity contribution is -0.137. The van der Waals surface area contributed by atoms with Gasteiger partial charge >= 0.3 is 12.0 Å². The second-order valence-corrected chi connectivity index (χ2v) is 4.87. The lowest BCUT2D eigenvalue weighted by atomic mass is 10.1. The second-order valence-electron chi connectivity index (χ2n) is 4.87. The van der Waals surface area contributed by atoms with Crippen LogP contribution in [0.15, 0.2) is 24.3 Å². The molecule has 1 rings (SSSR count). The van der Waals surface area contributed by atoms with Crippen LogP contribution in [0.1, 0.15) is 11.1 Å². The third-order valence-corrected chi connectivity index (χ3v) is 3.16. The molecule has 2 amide bonds. The molecule has 116 valence electrons. The predicted molar refractivity (Wildman–Crippen MR) is 79.1 cm³/mol. The van der Waals surface area contributed by atoms with Crippen LogP contribution in [0.25, 0.3) is 0 Å². The lowest BCUT2D eigenvalue weighted by Crippen LogP contribution is -2.44. The van der Waals surface area contributed by atoms with E-state index in [1.807, 2.05) is 31.2 Å². The van der Waals surface area contributed by atoms with E-state index in [0.717, 1.165) is 11.1 Å². The number of carboxylic acid groups (broad SMARTS) is 1. The number of urea groups is 1. The molecule has 0 radical (unpaired) electrons. The Kier molecular flexibility index (Phi) is 6.68. The minimum absolute atomic E-state index is 0.250. The fourth-order valence-electron chi connectivity index (χ4n) is 1.96. The Balaban J connectivity index is 2.73. The van der Waals surface area contributed by atoms with Crippen molar-refractivity contribution in [3.05, 3.63) is 35.4 Å². The zero-order valence-corrected chi connectivity index (χ0v) is 12.7. The summed E-state index contributed by atoms with van der Waals surface area (Å²) in [4.78, 5) is 26.0. The third kappa shape index (κ3) is 5.43. The molecule has 0 unspecified atom stereocenters. The summed E-state index contributed by atoms with van der Waals surface area (Å²) in [5.74, 6) is -1.04. The van der Waals surface area contributed by atoms with Gasteiger partial charge in [-0.25, -0.2) is 4.79 Å². The summed E-state index contributed by atoms with van der Waals surface area (Å²) in [5.41, 5.74) is 2.13. The van der Waals surface area contributed by atoms with E-state index in [1.54, 1.807) is 7.05 Å². The molecule has 21 heavy (non-hydrogen) atoms. The summed E-state index contributed by atoms with van der Waals surface area (Å²) in [6, 6.07) is 7.47. The number of ether oxygens (including phenoxy) is 1. The number of rotatable bonds is 7. The quantitative estimate of drug-likeness (QED) is 0.829. The molecule has 1 aromatic rings. The number of hydrogen-bond acceptors (Lipinski definition) is 3. The second kappa shape index (κ2) is 8.26. The van der Waals surface area contributed by atoms with Crippen LogP contribution in [-0.2, 0) is 16.1 Å². The topological polar surface area (TPSA) is 70.1 Å². The maximum Gasteiger partial charge on any atom is 0.323 e. The summed E-state index contributed by atoms with van der Waals surface area (Å²) in [6.07, 6.45) is 0. The smallest absolute Gasteiger partial charge is 0.323 e. The summed E-state index contributed by atoms with van der Waals surface area (Å²) in [7, 11) is 3.18. The summed E-state index contributed by atoms with van der Waals surface area (Å²) >= 11 is 0. The van der Waals surface area contributed by atoms with Crippen molar-refractivity contribution in [3.8, 4) is 0 Å². The molecule has 0 saturated carbocycles. The average molecular weight is 294 g/mol. The molecule has 0 heterocycles. The van der Waals surface area contributed by atoms with Gasteiger partial charge in [0, 0.05) is 27.2 Å². The molecule has 0 atom stereocenters. The van der Waals surface area contributed by atoms with Gasteiger partial charge in [0.1, 0.15) is 6.54 Å². The van der Waals surface area contributed by atoms with Gasteiger partial charge in [-0.2, -0.15) is 0 Å². The summed E-state index contributed by atoms with van der Waals surface area (Å²) < 4.78 is 4.92. The van der Waals surface area contributed by atoms with Crippen LogP contribution >= 0.6 is 0 Å². The number of carbonyl (C=O) groups is 2. The molecule has 1 aromatic carbocycles. The normalized spacial score (nSPS) is 10.2. The minimum Gasteiger partial charge on any atom is -0.480 e. The van der Waals surface area contributed by atoms with Crippen molar-refractivity contribution in [1.82, 2.24) is 9.80 Å². The maximum atomic E-state index is 12.3. The molecule has 6 heteroatoms. The zero-order valence-electron chi connectivity index (χ0n) is 12.7. The first-order chi connectivity index (χ1) is 9.95. The van der Waals surface area contributed by atoms with Gasteiger partial charge in [-0.1, -0.05) is 24.3 Å².